The first kappa shape index (κ1) is 22.6. The number of rotatable bonds is 7. The smallest absolute Gasteiger partial charge is 0.275 e. The molecule has 0 spiro atoms. The molecule has 0 unspecified atom stereocenters. The largest absolute Gasteiger partial charge is 0.472 e. The number of thiazole rings is 1. The maximum atomic E-state index is 13.1. The van der Waals surface area contributed by atoms with Gasteiger partial charge in [-0.3, -0.25) is 9.48 Å². The summed E-state index contributed by atoms with van der Waals surface area (Å²) < 4.78 is 12.5. The van der Waals surface area contributed by atoms with Gasteiger partial charge in [0.15, 0.2) is 5.13 Å². The molecule has 10 heteroatoms. The van der Waals surface area contributed by atoms with Gasteiger partial charge in [-0.25, -0.2) is 4.98 Å². The first-order valence-corrected chi connectivity index (χ1v) is 12.1. The Balaban J connectivity index is 1.42. The van der Waals surface area contributed by atoms with Gasteiger partial charge in [-0.1, -0.05) is 0 Å². The molecule has 1 saturated heterocycles. The highest BCUT2D eigenvalue weighted by atomic mass is 32.1. The van der Waals surface area contributed by atoms with Crippen LogP contribution in [0.2, 0.25) is 0 Å². The van der Waals surface area contributed by atoms with Crippen LogP contribution >= 0.6 is 11.3 Å². The lowest BCUT2D eigenvalue weighted by molar-refractivity contribution is 0.0651. The number of benzene rings is 1. The molecule has 9 nitrogen and oxygen atoms in total. The molecule has 178 valence electrons. The molecule has 0 saturated carbocycles. The molecule has 2 N–H and O–H groups in total. The van der Waals surface area contributed by atoms with E-state index in [1.54, 1.807) is 31.8 Å². The maximum Gasteiger partial charge on any atom is 0.275 e. The van der Waals surface area contributed by atoms with Crippen molar-refractivity contribution >= 4 is 39.0 Å². The lowest BCUT2D eigenvalue weighted by Gasteiger charge is -2.25. The topological polar surface area (TPSA) is 106 Å². The predicted molar refractivity (Wildman–Crippen MR) is 131 cm³/mol. The molecule has 4 heterocycles. The van der Waals surface area contributed by atoms with Crippen molar-refractivity contribution in [2.45, 2.75) is 32.4 Å². The van der Waals surface area contributed by atoms with Gasteiger partial charge in [-0.2, -0.15) is 5.10 Å². The summed E-state index contributed by atoms with van der Waals surface area (Å²) in [5.41, 5.74) is 2.72. The summed E-state index contributed by atoms with van der Waals surface area (Å²) in [5, 5.41) is 21.2. The number of morpholine rings is 1. The van der Waals surface area contributed by atoms with Crippen molar-refractivity contribution in [1.82, 2.24) is 14.8 Å². The zero-order chi connectivity index (χ0) is 23.7. The Bertz CT molecular complexity index is 1280. The quantitative estimate of drug-likeness (QED) is 0.411. The number of carbonyl (C=O) groups excluding carboxylic acids is 1. The van der Waals surface area contributed by atoms with Crippen molar-refractivity contribution < 1.29 is 19.1 Å². The molecule has 1 fully saturated rings. The Morgan fingerprint density at radius 1 is 1.29 bits per heavy atom. The number of carbonyl (C=O) groups is 1. The van der Waals surface area contributed by atoms with Crippen LogP contribution in [0.4, 0.5) is 10.8 Å². The molecule has 0 radical (unpaired) electrons. The van der Waals surface area contributed by atoms with Crippen molar-refractivity contribution in [1.29, 1.82) is 0 Å². The highest BCUT2D eigenvalue weighted by Crippen LogP contribution is 2.33. The van der Waals surface area contributed by atoms with Crippen LogP contribution in [0.25, 0.3) is 22.0 Å². The number of hydrogen-bond acceptors (Lipinski definition) is 8. The van der Waals surface area contributed by atoms with Crippen molar-refractivity contribution in [3.8, 4) is 11.1 Å². The molecule has 5 rings (SSSR count). The molecular weight excluding hydrogens is 454 g/mol. The molecule has 0 atom stereocenters. The monoisotopic (exact) mass is 481 g/mol. The van der Waals surface area contributed by atoms with E-state index in [0.29, 0.717) is 37.6 Å². The fourth-order valence-corrected chi connectivity index (χ4v) is 4.70. The lowest BCUT2D eigenvalue weighted by Crippen LogP contribution is -2.36. The molecule has 0 bridgehead atoms. The Hall–Kier alpha value is -3.21. The van der Waals surface area contributed by atoms with Crippen LogP contribution in [0.3, 0.4) is 0 Å². The van der Waals surface area contributed by atoms with E-state index >= 15 is 0 Å². The SMILES string of the molecule is CC(C)(O)CCn1cc2cc(NC(=O)c3csc(N4CCOCC4)n3)c(-c3ccoc3)cc2n1. The number of aromatic nitrogens is 3. The van der Waals surface area contributed by atoms with Crippen LogP contribution in [0, 0.1) is 0 Å². The minimum Gasteiger partial charge on any atom is -0.472 e. The molecule has 1 aliphatic rings. The van der Waals surface area contributed by atoms with E-state index in [2.05, 4.69) is 20.3 Å². The van der Waals surface area contributed by atoms with Gasteiger partial charge in [-0.05, 0) is 38.5 Å². The third kappa shape index (κ3) is 4.98. The van der Waals surface area contributed by atoms with E-state index in [0.717, 1.165) is 40.3 Å². The number of nitrogens with one attached hydrogen (secondary N) is 1. The van der Waals surface area contributed by atoms with Gasteiger partial charge < -0.3 is 24.5 Å². The maximum absolute atomic E-state index is 13.1. The van der Waals surface area contributed by atoms with Crippen LogP contribution in [-0.4, -0.2) is 57.7 Å². The highest BCUT2D eigenvalue weighted by Gasteiger charge is 2.20. The average Bonchev–Trinajstić information content (AvgIpc) is 3.57. The van der Waals surface area contributed by atoms with Crippen molar-refractivity contribution in [2.75, 3.05) is 36.5 Å². The Labute approximate surface area is 201 Å². The Morgan fingerprint density at radius 3 is 2.85 bits per heavy atom. The van der Waals surface area contributed by atoms with E-state index in [1.807, 2.05) is 29.1 Å². The zero-order valence-corrected chi connectivity index (χ0v) is 20.0. The summed E-state index contributed by atoms with van der Waals surface area (Å²) in [6.45, 7) is 7.02. The van der Waals surface area contributed by atoms with E-state index in [9.17, 15) is 9.90 Å². The molecule has 1 amide bonds. The summed E-state index contributed by atoms with van der Waals surface area (Å²) in [7, 11) is 0. The summed E-state index contributed by atoms with van der Waals surface area (Å²) in [4.78, 5) is 19.8. The van der Waals surface area contributed by atoms with E-state index in [4.69, 9.17) is 9.15 Å². The van der Waals surface area contributed by atoms with Gasteiger partial charge in [0.1, 0.15) is 5.69 Å². The minimum atomic E-state index is -0.771. The number of hydrogen-bond donors (Lipinski definition) is 2. The second kappa shape index (κ2) is 9.21. The number of ether oxygens (including phenoxy) is 1. The normalized spacial score (nSPS) is 14.6. The number of aryl methyl sites for hydroxylation is 1. The van der Waals surface area contributed by atoms with E-state index < -0.39 is 5.60 Å². The van der Waals surface area contributed by atoms with Crippen LogP contribution in [0.1, 0.15) is 30.8 Å². The third-order valence-electron chi connectivity index (χ3n) is 5.73. The van der Waals surface area contributed by atoms with Gasteiger partial charge in [0.2, 0.25) is 0 Å². The van der Waals surface area contributed by atoms with Crippen molar-refractivity contribution in [3.63, 3.8) is 0 Å². The summed E-state index contributed by atoms with van der Waals surface area (Å²) in [5.74, 6) is -0.269. The molecule has 1 aromatic carbocycles. The first-order chi connectivity index (χ1) is 16.4. The molecule has 34 heavy (non-hydrogen) atoms. The van der Waals surface area contributed by atoms with Gasteiger partial charge in [-0.15, -0.1) is 11.3 Å². The number of furan rings is 1. The third-order valence-corrected chi connectivity index (χ3v) is 6.63. The molecular formula is C24H27N5O4S. The van der Waals surface area contributed by atoms with Gasteiger partial charge in [0.25, 0.3) is 5.91 Å². The summed E-state index contributed by atoms with van der Waals surface area (Å²) in [6.07, 6.45) is 5.74. The standard InChI is InChI=1S/C24H27N5O4S/c1-24(2,31)4-5-29-13-17-11-20(18(12-19(17)27-29)16-3-8-33-14-16)25-22(30)21-15-34-23(26-21)28-6-9-32-10-7-28/h3,8,11-15,31H,4-7,9-10H2,1-2H3,(H,25,30). The molecule has 3 aromatic heterocycles. The van der Waals surface area contributed by atoms with Crippen LogP contribution in [0.15, 0.2) is 46.7 Å². The zero-order valence-electron chi connectivity index (χ0n) is 19.2. The number of anilines is 2. The molecule has 4 aromatic rings. The molecule has 0 aliphatic carbocycles. The first-order valence-electron chi connectivity index (χ1n) is 11.2. The number of nitrogens with zero attached hydrogens (tertiary/aromatic N) is 4. The second-order valence-electron chi connectivity index (χ2n) is 8.99. The average molecular weight is 482 g/mol. The number of amides is 1. The van der Waals surface area contributed by atoms with Crippen LogP contribution < -0.4 is 10.2 Å². The van der Waals surface area contributed by atoms with Gasteiger partial charge in [0.05, 0.1) is 36.9 Å². The van der Waals surface area contributed by atoms with Crippen molar-refractivity contribution in [2.24, 2.45) is 0 Å². The van der Waals surface area contributed by atoms with Gasteiger partial charge in [0, 0.05) is 53.4 Å². The fourth-order valence-electron chi connectivity index (χ4n) is 3.84. The minimum absolute atomic E-state index is 0.269. The van der Waals surface area contributed by atoms with Crippen LogP contribution in [0.5, 0.6) is 0 Å². The van der Waals surface area contributed by atoms with Gasteiger partial charge >= 0.3 is 0 Å². The lowest BCUT2D eigenvalue weighted by atomic mass is 10.0. The van der Waals surface area contributed by atoms with Crippen LogP contribution in [-0.2, 0) is 11.3 Å². The Kier molecular flexibility index (Phi) is 6.11. The fraction of sp³-hybridized carbons (Fsp3) is 0.375. The van der Waals surface area contributed by atoms with Crippen molar-refractivity contribution in [3.05, 3.63) is 48.0 Å². The predicted octanol–water partition coefficient (Wildman–Crippen LogP) is 4.00. The van der Waals surface area contributed by atoms with E-state index in [1.165, 1.54) is 11.3 Å². The number of aliphatic hydroxyl groups is 1. The van der Waals surface area contributed by atoms with E-state index in [-0.39, 0.29) is 5.91 Å². The molecule has 1 aliphatic heterocycles. The second-order valence-corrected chi connectivity index (χ2v) is 9.83. The number of fused-ring (bicyclic) bond motifs is 1. The highest BCUT2D eigenvalue weighted by molar-refractivity contribution is 7.14. The summed E-state index contributed by atoms with van der Waals surface area (Å²) in [6, 6.07) is 5.70. The Morgan fingerprint density at radius 2 is 2.12 bits per heavy atom. The summed E-state index contributed by atoms with van der Waals surface area (Å²) >= 11 is 1.46.